The molecule has 1 heterocycles. The predicted molar refractivity (Wildman–Crippen MR) is 76.8 cm³/mol. The van der Waals surface area contributed by atoms with E-state index in [0.717, 1.165) is 5.56 Å². The van der Waals surface area contributed by atoms with Gasteiger partial charge in [0.2, 0.25) is 0 Å². The number of carbonyl (C=O) groups excluding carboxylic acids is 1. The van der Waals surface area contributed by atoms with Gasteiger partial charge in [-0.3, -0.25) is 0 Å². The third-order valence-corrected chi connectivity index (χ3v) is 3.19. The van der Waals surface area contributed by atoms with Crippen LogP contribution in [0.1, 0.15) is 18.1 Å². The second kappa shape index (κ2) is 5.92. The molecule has 0 aliphatic heterocycles. The molecule has 2 aromatic rings. The molecule has 0 fully saturated rings. The van der Waals surface area contributed by atoms with Crippen molar-refractivity contribution < 1.29 is 13.9 Å². The Morgan fingerprint density at radius 3 is 2.85 bits per heavy atom. The molecule has 1 aromatic heterocycles. The molecule has 1 aromatic carbocycles. The van der Waals surface area contributed by atoms with Crippen LogP contribution in [-0.2, 0) is 16.1 Å². The summed E-state index contributed by atoms with van der Waals surface area (Å²) in [5.41, 5.74) is 1.31. The molecule has 0 saturated carbocycles. The molecule has 5 heteroatoms. The lowest BCUT2D eigenvalue weighted by Crippen LogP contribution is -2.05. The fourth-order valence-corrected chi connectivity index (χ4v) is 1.96. The summed E-state index contributed by atoms with van der Waals surface area (Å²) in [7, 11) is 0. The number of hydrogen-bond acceptors (Lipinski definition) is 4. The molecule has 0 bridgehead atoms. The average Bonchev–Trinajstić information content (AvgIpc) is 2.38. The van der Waals surface area contributed by atoms with Gasteiger partial charge in [-0.2, -0.15) is 0 Å². The van der Waals surface area contributed by atoms with E-state index < -0.39 is 11.6 Å². The van der Waals surface area contributed by atoms with E-state index in [1.165, 1.54) is 12.1 Å². The zero-order valence-corrected chi connectivity index (χ0v) is 11.9. The fraction of sp³-hybridized carbons (Fsp3) is 0.200. The molecule has 0 spiro atoms. The highest BCUT2D eigenvalue weighted by Gasteiger charge is 2.09. The van der Waals surface area contributed by atoms with Gasteiger partial charge in [-0.1, -0.05) is 17.7 Å². The summed E-state index contributed by atoms with van der Waals surface area (Å²) in [5.74, 6) is -0.466. The van der Waals surface area contributed by atoms with E-state index in [1.807, 2.05) is 6.92 Å². The van der Waals surface area contributed by atoms with E-state index in [0.29, 0.717) is 21.6 Å². The number of rotatable bonds is 3. The first-order chi connectivity index (χ1) is 9.51. The Kier molecular flexibility index (Phi) is 4.25. The number of halogens is 1. The molecular formula is C15H13ClO4. The number of allylic oxidation sites excluding steroid dienone is 1. The topological polar surface area (TPSA) is 56.5 Å². The molecule has 0 aliphatic rings. The Bertz CT molecular complexity index is 743. The van der Waals surface area contributed by atoms with Crippen LogP contribution in [0.4, 0.5) is 0 Å². The molecule has 0 unspecified atom stereocenters. The monoisotopic (exact) mass is 292 g/mol. The zero-order chi connectivity index (χ0) is 14.7. The normalized spacial score (nSPS) is 11.2. The van der Waals surface area contributed by atoms with Crippen molar-refractivity contribution in [3.05, 3.63) is 56.9 Å². The minimum atomic E-state index is -0.490. The minimum absolute atomic E-state index is 0.00926. The molecule has 2 rings (SSSR count). The van der Waals surface area contributed by atoms with Crippen molar-refractivity contribution in [3.63, 3.8) is 0 Å². The molecule has 0 saturated heterocycles. The highest BCUT2D eigenvalue weighted by Crippen LogP contribution is 2.25. The maximum absolute atomic E-state index is 11.5. The predicted octanol–water partition coefficient (Wildman–Crippen LogP) is 3.37. The third-order valence-electron chi connectivity index (χ3n) is 2.78. The van der Waals surface area contributed by atoms with Crippen LogP contribution < -0.4 is 5.63 Å². The van der Waals surface area contributed by atoms with Crippen LogP contribution in [0.25, 0.3) is 11.0 Å². The Balaban J connectivity index is 2.44. The molecule has 20 heavy (non-hydrogen) atoms. The van der Waals surface area contributed by atoms with Gasteiger partial charge in [-0.25, -0.2) is 9.59 Å². The summed E-state index contributed by atoms with van der Waals surface area (Å²) in [6, 6.07) is 4.70. The number of hydrogen-bond donors (Lipinski definition) is 0. The summed E-state index contributed by atoms with van der Waals surface area (Å²) < 4.78 is 10.2. The molecule has 0 amide bonds. The Hall–Kier alpha value is -2.07. The highest BCUT2D eigenvalue weighted by atomic mass is 35.5. The van der Waals surface area contributed by atoms with Crippen LogP contribution in [0.3, 0.4) is 0 Å². The number of esters is 1. The van der Waals surface area contributed by atoms with Gasteiger partial charge >= 0.3 is 11.6 Å². The standard InChI is InChI=1S/C15H13ClO4/c1-3-4-14(17)19-8-10-6-15(18)20-13-5-9(2)12(16)7-11(10)13/h3-7H,8H2,1-2H3/b4-3+. The SMILES string of the molecule is C/C=C/C(=O)OCc1cc(=O)oc2cc(C)c(Cl)cc12. The molecule has 0 N–H and O–H groups in total. The van der Waals surface area contributed by atoms with E-state index >= 15 is 0 Å². The van der Waals surface area contributed by atoms with Crippen LogP contribution in [0, 0.1) is 6.92 Å². The van der Waals surface area contributed by atoms with Crippen molar-refractivity contribution in [1.82, 2.24) is 0 Å². The number of fused-ring (bicyclic) bond motifs is 1. The second-order valence-corrected chi connectivity index (χ2v) is 4.70. The first kappa shape index (κ1) is 14.3. The number of ether oxygens (including phenoxy) is 1. The Morgan fingerprint density at radius 1 is 1.40 bits per heavy atom. The quantitative estimate of drug-likeness (QED) is 0.494. The molecule has 4 nitrogen and oxygen atoms in total. The first-order valence-electron chi connectivity index (χ1n) is 6.03. The number of aryl methyl sites for hydroxylation is 1. The van der Waals surface area contributed by atoms with Crippen LogP contribution in [0.5, 0.6) is 0 Å². The molecule has 0 radical (unpaired) electrons. The largest absolute Gasteiger partial charge is 0.458 e. The van der Waals surface area contributed by atoms with Crippen molar-refractivity contribution in [1.29, 1.82) is 0 Å². The highest BCUT2D eigenvalue weighted by molar-refractivity contribution is 6.32. The van der Waals surface area contributed by atoms with Gasteiger partial charge in [0, 0.05) is 28.1 Å². The molecular weight excluding hydrogens is 280 g/mol. The van der Waals surface area contributed by atoms with Crippen LogP contribution in [0.2, 0.25) is 5.02 Å². The maximum Gasteiger partial charge on any atom is 0.336 e. The van der Waals surface area contributed by atoms with Crippen LogP contribution in [-0.4, -0.2) is 5.97 Å². The van der Waals surface area contributed by atoms with Gasteiger partial charge < -0.3 is 9.15 Å². The Labute approximate surface area is 120 Å². The third kappa shape index (κ3) is 3.08. The summed E-state index contributed by atoms with van der Waals surface area (Å²) in [5, 5.41) is 1.22. The van der Waals surface area contributed by atoms with Crippen LogP contribution in [0.15, 0.2) is 39.6 Å². The van der Waals surface area contributed by atoms with E-state index in [1.54, 1.807) is 25.1 Å². The van der Waals surface area contributed by atoms with Gasteiger partial charge in [0.1, 0.15) is 12.2 Å². The van der Waals surface area contributed by atoms with Crippen molar-refractivity contribution in [3.8, 4) is 0 Å². The lowest BCUT2D eigenvalue weighted by molar-refractivity contribution is -0.138. The summed E-state index contributed by atoms with van der Waals surface area (Å²) in [6.45, 7) is 3.53. The molecule has 0 atom stereocenters. The Morgan fingerprint density at radius 2 is 2.15 bits per heavy atom. The average molecular weight is 293 g/mol. The number of benzene rings is 1. The molecule has 104 valence electrons. The van der Waals surface area contributed by atoms with Gasteiger partial charge in [0.25, 0.3) is 0 Å². The zero-order valence-electron chi connectivity index (χ0n) is 11.1. The van der Waals surface area contributed by atoms with Gasteiger partial charge in [-0.05, 0) is 31.5 Å². The lowest BCUT2D eigenvalue weighted by Gasteiger charge is -2.07. The minimum Gasteiger partial charge on any atom is -0.458 e. The van der Waals surface area contributed by atoms with Crippen LogP contribution >= 0.6 is 11.6 Å². The summed E-state index contributed by atoms with van der Waals surface area (Å²) >= 11 is 6.07. The lowest BCUT2D eigenvalue weighted by atomic mass is 10.1. The fourth-order valence-electron chi connectivity index (χ4n) is 1.80. The first-order valence-corrected chi connectivity index (χ1v) is 6.41. The summed E-state index contributed by atoms with van der Waals surface area (Å²) in [6.07, 6.45) is 2.89. The van der Waals surface area contributed by atoms with E-state index in [9.17, 15) is 9.59 Å². The van der Waals surface area contributed by atoms with Crippen molar-refractivity contribution in [2.75, 3.05) is 0 Å². The molecule has 0 aliphatic carbocycles. The smallest absolute Gasteiger partial charge is 0.336 e. The summed E-state index contributed by atoms with van der Waals surface area (Å²) in [4.78, 5) is 22.8. The van der Waals surface area contributed by atoms with E-state index in [2.05, 4.69) is 0 Å². The van der Waals surface area contributed by atoms with E-state index in [-0.39, 0.29) is 6.61 Å². The van der Waals surface area contributed by atoms with Crippen molar-refractivity contribution >= 4 is 28.5 Å². The van der Waals surface area contributed by atoms with E-state index in [4.69, 9.17) is 20.8 Å². The van der Waals surface area contributed by atoms with Gasteiger partial charge in [-0.15, -0.1) is 0 Å². The number of carbonyl (C=O) groups is 1. The maximum atomic E-state index is 11.5. The van der Waals surface area contributed by atoms with Gasteiger partial charge in [0.05, 0.1) is 0 Å². The van der Waals surface area contributed by atoms with Crippen molar-refractivity contribution in [2.45, 2.75) is 20.5 Å². The van der Waals surface area contributed by atoms with Crippen molar-refractivity contribution in [2.24, 2.45) is 0 Å². The second-order valence-electron chi connectivity index (χ2n) is 4.30. The van der Waals surface area contributed by atoms with Gasteiger partial charge in [0.15, 0.2) is 0 Å².